The smallest absolute Gasteiger partial charge is 0.285 e. The number of hydrogen-bond donors (Lipinski definition) is 0. The summed E-state index contributed by atoms with van der Waals surface area (Å²) in [4.78, 5) is 19.5. The highest BCUT2D eigenvalue weighted by molar-refractivity contribution is 7.90. The number of amidine groups is 1. The Bertz CT molecular complexity index is 851. The molecular formula is C19H26N4O3S. The fraction of sp³-hybridized carbons (Fsp3) is 0.579. The number of likely N-dealkylation sites (tertiary alicyclic amines) is 1. The second kappa shape index (κ2) is 7.24. The van der Waals surface area contributed by atoms with Crippen molar-refractivity contribution >= 4 is 21.8 Å². The van der Waals surface area contributed by atoms with Crippen LogP contribution in [0.25, 0.3) is 0 Å². The summed E-state index contributed by atoms with van der Waals surface area (Å²) in [6.07, 6.45) is 1.49. The number of piperidine rings is 1. The Morgan fingerprint density at radius 2 is 1.74 bits per heavy atom. The summed E-state index contributed by atoms with van der Waals surface area (Å²) in [6.45, 7) is 8.03. The first-order chi connectivity index (χ1) is 13.0. The molecule has 1 amide bonds. The molecule has 0 unspecified atom stereocenters. The Morgan fingerprint density at radius 3 is 2.41 bits per heavy atom. The first-order valence-electron chi connectivity index (χ1n) is 9.70. The number of likely N-dealkylation sites (N-methyl/N-ethyl adjacent to an activating group) is 1. The van der Waals surface area contributed by atoms with Crippen LogP contribution in [-0.2, 0) is 14.8 Å². The van der Waals surface area contributed by atoms with E-state index in [9.17, 15) is 13.2 Å². The minimum absolute atomic E-state index is 0.0308. The zero-order valence-corrected chi connectivity index (χ0v) is 16.5. The van der Waals surface area contributed by atoms with E-state index in [1.165, 1.54) is 0 Å². The molecule has 0 aliphatic carbocycles. The normalized spacial score (nSPS) is 23.2. The number of rotatable bonds is 2. The van der Waals surface area contributed by atoms with Crippen LogP contribution in [0.1, 0.15) is 25.3 Å². The average Bonchev–Trinajstić information content (AvgIpc) is 2.99. The maximum atomic E-state index is 12.8. The minimum Gasteiger partial charge on any atom is -0.355 e. The number of sulfonamides is 1. The van der Waals surface area contributed by atoms with Gasteiger partial charge in [-0.05, 0) is 31.5 Å². The van der Waals surface area contributed by atoms with Crippen LogP contribution in [0, 0.1) is 5.92 Å². The van der Waals surface area contributed by atoms with E-state index in [0.717, 1.165) is 45.6 Å². The summed E-state index contributed by atoms with van der Waals surface area (Å²) in [5.41, 5.74) is 0.679. The highest BCUT2D eigenvalue weighted by Crippen LogP contribution is 2.30. The van der Waals surface area contributed by atoms with Crippen molar-refractivity contribution < 1.29 is 13.2 Å². The summed E-state index contributed by atoms with van der Waals surface area (Å²) in [5, 5.41) is 0. The fourth-order valence-electron chi connectivity index (χ4n) is 4.20. The zero-order chi connectivity index (χ0) is 19.0. The molecule has 0 radical (unpaired) electrons. The number of carbonyl (C=O) groups is 1. The molecule has 3 heterocycles. The molecule has 1 aromatic carbocycles. The van der Waals surface area contributed by atoms with Crippen LogP contribution in [0.2, 0.25) is 0 Å². The van der Waals surface area contributed by atoms with Crippen molar-refractivity contribution in [2.24, 2.45) is 10.3 Å². The van der Waals surface area contributed by atoms with Gasteiger partial charge in [-0.3, -0.25) is 4.79 Å². The van der Waals surface area contributed by atoms with Crippen LogP contribution in [0.4, 0.5) is 0 Å². The third-order valence-electron chi connectivity index (χ3n) is 5.89. The molecule has 146 valence electrons. The molecule has 0 aromatic heterocycles. The van der Waals surface area contributed by atoms with E-state index in [1.54, 1.807) is 12.1 Å². The van der Waals surface area contributed by atoms with E-state index in [1.807, 2.05) is 21.9 Å². The van der Waals surface area contributed by atoms with Gasteiger partial charge in [-0.25, -0.2) is 0 Å². The molecule has 0 N–H and O–H groups in total. The summed E-state index contributed by atoms with van der Waals surface area (Å²) < 4.78 is 28.5. The molecule has 0 saturated carbocycles. The highest BCUT2D eigenvalue weighted by atomic mass is 32.2. The largest absolute Gasteiger partial charge is 0.355 e. The molecule has 2 saturated heterocycles. The van der Waals surface area contributed by atoms with Gasteiger partial charge >= 0.3 is 0 Å². The molecule has 2 fully saturated rings. The number of hydrogen-bond acceptors (Lipinski definition) is 5. The van der Waals surface area contributed by atoms with E-state index < -0.39 is 10.0 Å². The van der Waals surface area contributed by atoms with Crippen LogP contribution >= 0.6 is 0 Å². The van der Waals surface area contributed by atoms with Crippen LogP contribution in [0.15, 0.2) is 33.6 Å². The first-order valence-corrected chi connectivity index (χ1v) is 11.1. The van der Waals surface area contributed by atoms with Crippen LogP contribution < -0.4 is 0 Å². The van der Waals surface area contributed by atoms with E-state index in [-0.39, 0.29) is 16.7 Å². The summed E-state index contributed by atoms with van der Waals surface area (Å²) >= 11 is 0. The van der Waals surface area contributed by atoms with Crippen LogP contribution in [-0.4, -0.2) is 80.7 Å². The van der Waals surface area contributed by atoms with Gasteiger partial charge in [0.25, 0.3) is 10.0 Å². The van der Waals surface area contributed by atoms with Gasteiger partial charge in [0.15, 0.2) is 5.84 Å². The minimum atomic E-state index is -3.59. The third kappa shape index (κ3) is 3.48. The fourth-order valence-corrected chi connectivity index (χ4v) is 5.43. The summed E-state index contributed by atoms with van der Waals surface area (Å²) in [7, 11) is -3.59. The monoisotopic (exact) mass is 390 g/mol. The highest BCUT2D eigenvalue weighted by Gasteiger charge is 2.35. The molecule has 0 atom stereocenters. The lowest BCUT2D eigenvalue weighted by Crippen LogP contribution is -2.51. The Labute approximate surface area is 160 Å². The summed E-state index contributed by atoms with van der Waals surface area (Å²) in [6, 6.07) is 6.97. The molecule has 27 heavy (non-hydrogen) atoms. The van der Waals surface area contributed by atoms with Crippen molar-refractivity contribution in [1.29, 1.82) is 0 Å². The molecule has 7 nitrogen and oxygen atoms in total. The third-order valence-corrected chi connectivity index (χ3v) is 7.21. The van der Waals surface area contributed by atoms with E-state index >= 15 is 0 Å². The van der Waals surface area contributed by atoms with Crippen molar-refractivity contribution in [2.75, 3.05) is 45.8 Å². The molecule has 3 aliphatic rings. The number of nitrogens with zero attached hydrogens (tertiary/aromatic N) is 4. The Kier molecular flexibility index (Phi) is 4.94. The second-order valence-corrected chi connectivity index (χ2v) is 8.98. The van der Waals surface area contributed by atoms with Gasteiger partial charge in [0, 0.05) is 50.7 Å². The molecule has 0 bridgehead atoms. The number of benzene rings is 1. The molecule has 3 aliphatic heterocycles. The van der Waals surface area contributed by atoms with Crippen LogP contribution in [0.5, 0.6) is 0 Å². The number of piperazine rings is 1. The average molecular weight is 391 g/mol. The van der Waals surface area contributed by atoms with Crippen molar-refractivity contribution in [1.82, 2.24) is 14.7 Å². The second-order valence-electron chi connectivity index (χ2n) is 7.41. The molecule has 8 heteroatoms. The Balaban J connectivity index is 1.39. The first kappa shape index (κ1) is 18.4. The van der Waals surface area contributed by atoms with E-state index in [4.69, 9.17) is 0 Å². The van der Waals surface area contributed by atoms with Crippen molar-refractivity contribution in [3.63, 3.8) is 0 Å². The number of carbonyl (C=O) groups excluding carboxylic acids is 1. The number of amides is 1. The quantitative estimate of drug-likeness (QED) is 0.754. The lowest BCUT2D eigenvalue weighted by atomic mass is 9.94. The zero-order valence-electron chi connectivity index (χ0n) is 15.7. The van der Waals surface area contributed by atoms with Gasteiger partial charge in [0.2, 0.25) is 5.91 Å². The van der Waals surface area contributed by atoms with E-state index in [2.05, 4.69) is 16.2 Å². The molecule has 4 rings (SSSR count). The SMILES string of the molecule is CCN1CCN(C(=O)C2CCN(C3=NS(=O)(=O)c4ccccc43)CC2)CC1. The topological polar surface area (TPSA) is 73.3 Å². The Hall–Kier alpha value is -1.93. The van der Waals surface area contributed by atoms with Crippen molar-refractivity contribution in [3.05, 3.63) is 29.8 Å². The Morgan fingerprint density at radius 1 is 1.07 bits per heavy atom. The lowest BCUT2D eigenvalue weighted by molar-refractivity contribution is -0.138. The molecular weight excluding hydrogens is 364 g/mol. The van der Waals surface area contributed by atoms with Gasteiger partial charge < -0.3 is 14.7 Å². The molecule has 0 spiro atoms. The van der Waals surface area contributed by atoms with Gasteiger partial charge in [-0.2, -0.15) is 8.42 Å². The van der Waals surface area contributed by atoms with Crippen LogP contribution in [0.3, 0.4) is 0 Å². The van der Waals surface area contributed by atoms with Crippen molar-refractivity contribution in [2.45, 2.75) is 24.7 Å². The summed E-state index contributed by atoms with van der Waals surface area (Å²) in [5.74, 6) is 0.822. The van der Waals surface area contributed by atoms with Gasteiger partial charge in [0.05, 0.1) is 0 Å². The predicted molar refractivity (Wildman–Crippen MR) is 103 cm³/mol. The van der Waals surface area contributed by atoms with Gasteiger partial charge in [0.1, 0.15) is 4.90 Å². The number of fused-ring (bicyclic) bond motifs is 1. The van der Waals surface area contributed by atoms with Gasteiger partial charge in [-0.15, -0.1) is 4.40 Å². The standard InChI is InChI=1S/C19H26N4O3S/c1-2-21-11-13-23(14-12-21)19(24)15-7-9-22(10-8-15)18-16-5-3-4-6-17(16)27(25,26)20-18/h3-6,15H,2,7-14H2,1H3. The lowest BCUT2D eigenvalue weighted by Gasteiger charge is -2.38. The maximum absolute atomic E-state index is 12.8. The maximum Gasteiger partial charge on any atom is 0.285 e. The molecule has 1 aromatic rings. The van der Waals surface area contributed by atoms with E-state index in [0.29, 0.717) is 24.5 Å². The predicted octanol–water partition coefficient (Wildman–Crippen LogP) is 1.01. The van der Waals surface area contributed by atoms with Crippen molar-refractivity contribution in [3.8, 4) is 0 Å². The van der Waals surface area contributed by atoms with Gasteiger partial charge in [-0.1, -0.05) is 19.1 Å².